The highest BCUT2D eigenvalue weighted by Gasteiger charge is 2.23. The lowest BCUT2D eigenvalue weighted by Gasteiger charge is -2.35. The zero-order chi connectivity index (χ0) is 16.9. The van der Waals surface area contributed by atoms with Crippen LogP contribution in [0.5, 0.6) is 0 Å². The predicted octanol–water partition coefficient (Wildman–Crippen LogP) is 2.23. The van der Waals surface area contributed by atoms with Crippen molar-refractivity contribution in [3.05, 3.63) is 64.9 Å². The van der Waals surface area contributed by atoms with Crippen LogP contribution in [0.2, 0.25) is 5.02 Å². The molecule has 1 amide bonds. The maximum Gasteiger partial charge on any atom is 0.254 e. The number of piperazine rings is 1. The summed E-state index contributed by atoms with van der Waals surface area (Å²) in [5.74, 6) is 0.0373. The van der Waals surface area contributed by atoms with E-state index >= 15 is 0 Å². The number of aliphatic hydroxyl groups excluding tert-OH is 1. The van der Waals surface area contributed by atoms with Gasteiger partial charge in [-0.05, 0) is 29.8 Å². The molecular weight excluding hydrogens is 326 g/mol. The van der Waals surface area contributed by atoms with Crippen LogP contribution in [0.4, 0.5) is 0 Å². The number of hydrogen-bond donors (Lipinski definition) is 1. The first-order valence-corrected chi connectivity index (χ1v) is 8.36. The number of carbonyl (C=O) groups excluding carboxylic acids is 1. The van der Waals surface area contributed by atoms with E-state index in [2.05, 4.69) is 9.88 Å². The van der Waals surface area contributed by atoms with Crippen LogP contribution in [0.1, 0.15) is 22.0 Å². The first kappa shape index (κ1) is 16.9. The molecule has 1 N–H and O–H groups in total. The van der Waals surface area contributed by atoms with Gasteiger partial charge in [0.2, 0.25) is 0 Å². The van der Waals surface area contributed by atoms with Gasteiger partial charge in [-0.2, -0.15) is 0 Å². The summed E-state index contributed by atoms with van der Waals surface area (Å²) in [5, 5.41) is 11.0. The second kappa shape index (κ2) is 7.75. The summed E-state index contributed by atoms with van der Waals surface area (Å²) >= 11 is 5.87. The molecule has 3 rings (SSSR count). The molecule has 1 aromatic carbocycles. The quantitative estimate of drug-likeness (QED) is 0.923. The number of carbonyl (C=O) groups is 1. The second-order valence-corrected chi connectivity index (χ2v) is 6.33. The van der Waals surface area contributed by atoms with Gasteiger partial charge >= 0.3 is 0 Å². The molecular formula is C18H20ClN3O2. The number of amides is 1. The fourth-order valence-electron chi connectivity index (χ4n) is 2.85. The Kier molecular flexibility index (Phi) is 5.45. The lowest BCUT2D eigenvalue weighted by Crippen LogP contribution is -2.49. The lowest BCUT2D eigenvalue weighted by molar-refractivity contribution is 0.0527. The molecule has 2 heterocycles. The van der Waals surface area contributed by atoms with Gasteiger partial charge in [0.1, 0.15) is 0 Å². The van der Waals surface area contributed by atoms with E-state index in [-0.39, 0.29) is 5.91 Å². The molecule has 0 aliphatic carbocycles. The summed E-state index contributed by atoms with van der Waals surface area (Å²) in [6, 6.07) is 10.7. The van der Waals surface area contributed by atoms with Crippen LogP contribution in [0.25, 0.3) is 0 Å². The fourth-order valence-corrected chi connectivity index (χ4v) is 2.97. The van der Waals surface area contributed by atoms with E-state index in [1.807, 2.05) is 17.0 Å². The maximum atomic E-state index is 12.4. The number of nitrogens with zero attached hydrogens (tertiary/aromatic N) is 3. The van der Waals surface area contributed by atoms with Gasteiger partial charge in [-0.3, -0.25) is 14.7 Å². The molecule has 1 atom stereocenters. The molecule has 0 radical (unpaired) electrons. The number of β-amino-alcohol motifs (C(OH)–C–C–N with tert-alkyl or cyclic N) is 1. The van der Waals surface area contributed by atoms with Gasteiger partial charge in [-0.25, -0.2) is 0 Å². The van der Waals surface area contributed by atoms with Crippen molar-refractivity contribution in [2.45, 2.75) is 6.10 Å². The van der Waals surface area contributed by atoms with Crippen LogP contribution >= 0.6 is 11.6 Å². The minimum absolute atomic E-state index is 0.0373. The van der Waals surface area contributed by atoms with Crippen molar-refractivity contribution in [3.63, 3.8) is 0 Å². The van der Waals surface area contributed by atoms with Gasteiger partial charge in [0.25, 0.3) is 5.91 Å². The van der Waals surface area contributed by atoms with Gasteiger partial charge in [-0.15, -0.1) is 0 Å². The van der Waals surface area contributed by atoms with Crippen LogP contribution in [0, 0.1) is 0 Å². The third kappa shape index (κ3) is 4.12. The topological polar surface area (TPSA) is 56.7 Å². The first-order chi connectivity index (χ1) is 11.6. The van der Waals surface area contributed by atoms with Crippen LogP contribution in [0.15, 0.2) is 48.8 Å². The normalized spacial score (nSPS) is 16.8. The van der Waals surface area contributed by atoms with Crippen LogP contribution in [-0.2, 0) is 0 Å². The van der Waals surface area contributed by atoms with Crippen LogP contribution in [-0.4, -0.2) is 58.5 Å². The van der Waals surface area contributed by atoms with E-state index in [1.54, 1.807) is 36.7 Å². The summed E-state index contributed by atoms with van der Waals surface area (Å²) in [7, 11) is 0. The highest BCUT2D eigenvalue weighted by atomic mass is 35.5. The van der Waals surface area contributed by atoms with Crippen molar-refractivity contribution < 1.29 is 9.90 Å². The molecule has 0 spiro atoms. The van der Waals surface area contributed by atoms with Crippen molar-refractivity contribution >= 4 is 17.5 Å². The molecule has 1 aliphatic rings. The summed E-state index contributed by atoms with van der Waals surface area (Å²) in [5.41, 5.74) is 1.52. The molecule has 1 aliphatic heterocycles. The smallest absolute Gasteiger partial charge is 0.254 e. The zero-order valence-electron chi connectivity index (χ0n) is 13.3. The maximum absolute atomic E-state index is 12.4. The minimum Gasteiger partial charge on any atom is -0.387 e. The largest absolute Gasteiger partial charge is 0.387 e. The van der Waals surface area contributed by atoms with Gasteiger partial charge in [0.05, 0.1) is 6.10 Å². The van der Waals surface area contributed by atoms with Crippen molar-refractivity contribution in [1.82, 2.24) is 14.8 Å². The molecule has 1 unspecified atom stereocenters. The zero-order valence-corrected chi connectivity index (χ0v) is 14.1. The van der Waals surface area contributed by atoms with Gasteiger partial charge in [-0.1, -0.05) is 23.7 Å². The van der Waals surface area contributed by atoms with Crippen LogP contribution < -0.4 is 0 Å². The second-order valence-electron chi connectivity index (χ2n) is 5.90. The molecule has 1 saturated heterocycles. The number of rotatable bonds is 4. The Hall–Kier alpha value is -1.95. The average Bonchev–Trinajstić information content (AvgIpc) is 2.63. The monoisotopic (exact) mass is 345 g/mol. The standard InChI is InChI=1S/C18H20ClN3O2/c19-16-3-1-14(2-4-16)17(23)13-21-9-11-22(12-10-21)18(24)15-5-7-20-8-6-15/h1-8,17,23H,9-13H2. The number of aliphatic hydroxyl groups is 1. The Bertz CT molecular complexity index is 670. The molecule has 2 aromatic rings. The van der Waals surface area contributed by atoms with E-state index in [0.29, 0.717) is 30.2 Å². The molecule has 0 bridgehead atoms. The molecule has 1 aromatic heterocycles. The van der Waals surface area contributed by atoms with E-state index in [4.69, 9.17) is 11.6 Å². The highest BCUT2D eigenvalue weighted by Crippen LogP contribution is 2.18. The molecule has 126 valence electrons. The summed E-state index contributed by atoms with van der Waals surface area (Å²) in [6.45, 7) is 3.38. The average molecular weight is 346 g/mol. The summed E-state index contributed by atoms with van der Waals surface area (Å²) in [6.07, 6.45) is 2.71. The molecule has 1 fully saturated rings. The first-order valence-electron chi connectivity index (χ1n) is 7.98. The van der Waals surface area contributed by atoms with E-state index in [9.17, 15) is 9.90 Å². The van der Waals surface area contributed by atoms with Crippen molar-refractivity contribution in [2.24, 2.45) is 0 Å². The Labute approximate surface area is 146 Å². The van der Waals surface area contributed by atoms with E-state index < -0.39 is 6.10 Å². The molecule has 5 nitrogen and oxygen atoms in total. The Morgan fingerprint density at radius 1 is 1.08 bits per heavy atom. The Balaban J connectivity index is 1.52. The summed E-state index contributed by atoms with van der Waals surface area (Å²) in [4.78, 5) is 20.4. The minimum atomic E-state index is -0.551. The number of aromatic nitrogens is 1. The van der Waals surface area contributed by atoms with Crippen molar-refractivity contribution in [2.75, 3.05) is 32.7 Å². The third-order valence-electron chi connectivity index (χ3n) is 4.27. The van der Waals surface area contributed by atoms with Gasteiger partial charge < -0.3 is 10.0 Å². The Morgan fingerprint density at radius 3 is 2.33 bits per heavy atom. The Morgan fingerprint density at radius 2 is 1.71 bits per heavy atom. The number of pyridine rings is 1. The molecule has 0 saturated carbocycles. The molecule has 24 heavy (non-hydrogen) atoms. The van der Waals surface area contributed by atoms with E-state index in [1.165, 1.54) is 0 Å². The predicted molar refractivity (Wildman–Crippen MR) is 93.0 cm³/mol. The SMILES string of the molecule is O=C(c1ccncc1)N1CCN(CC(O)c2ccc(Cl)cc2)CC1. The number of benzene rings is 1. The lowest BCUT2D eigenvalue weighted by atomic mass is 10.1. The fraction of sp³-hybridized carbons (Fsp3) is 0.333. The highest BCUT2D eigenvalue weighted by molar-refractivity contribution is 6.30. The van der Waals surface area contributed by atoms with Crippen LogP contribution in [0.3, 0.4) is 0 Å². The molecule has 6 heteroatoms. The van der Waals surface area contributed by atoms with Gasteiger partial charge in [0.15, 0.2) is 0 Å². The van der Waals surface area contributed by atoms with Crippen molar-refractivity contribution in [3.8, 4) is 0 Å². The van der Waals surface area contributed by atoms with Crippen molar-refractivity contribution in [1.29, 1.82) is 0 Å². The number of hydrogen-bond acceptors (Lipinski definition) is 4. The third-order valence-corrected chi connectivity index (χ3v) is 4.52. The van der Waals surface area contributed by atoms with Gasteiger partial charge in [0, 0.05) is 55.7 Å². The summed E-state index contributed by atoms with van der Waals surface area (Å²) < 4.78 is 0. The van der Waals surface area contributed by atoms with E-state index in [0.717, 1.165) is 18.7 Å². The number of halogens is 1.